The smallest absolute Gasteiger partial charge is 0.256 e. The van der Waals surface area contributed by atoms with Crippen molar-refractivity contribution in [3.05, 3.63) is 76.6 Å². The number of carbonyl (C=O) groups excluding carboxylic acids is 1. The van der Waals surface area contributed by atoms with E-state index < -0.39 is 0 Å². The summed E-state index contributed by atoms with van der Waals surface area (Å²) >= 11 is 6.31. The second kappa shape index (κ2) is 6.80. The minimum absolute atomic E-state index is 0.183. The van der Waals surface area contributed by atoms with Crippen molar-refractivity contribution in [3.63, 3.8) is 0 Å². The quantitative estimate of drug-likeness (QED) is 0.790. The molecule has 0 fully saturated rings. The Morgan fingerprint density at radius 2 is 2.04 bits per heavy atom. The molecule has 24 heavy (non-hydrogen) atoms. The van der Waals surface area contributed by atoms with E-state index in [4.69, 9.17) is 11.6 Å². The van der Waals surface area contributed by atoms with Crippen LogP contribution in [0, 0.1) is 12.7 Å². The maximum absolute atomic E-state index is 13.0. The van der Waals surface area contributed by atoms with E-state index in [1.165, 1.54) is 16.8 Å². The van der Waals surface area contributed by atoms with E-state index in [1.807, 2.05) is 6.07 Å². The van der Waals surface area contributed by atoms with Gasteiger partial charge in [-0.1, -0.05) is 17.7 Å². The highest BCUT2D eigenvalue weighted by molar-refractivity contribution is 6.33. The molecule has 122 valence electrons. The largest absolute Gasteiger partial charge is 0.348 e. The number of benzene rings is 1. The van der Waals surface area contributed by atoms with Gasteiger partial charge >= 0.3 is 0 Å². The lowest BCUT2D eigenvalue weighted by Crippen LogP contribution is -2.23. The number of hydrogen-bond donors (Lipinski definition) is 1. The fourth-order valence-corrected chi connectivity index (χ4v) is 2.64. The molecule has 0 saturated heterocycles. The number of nitrogens with zero attached hydrogens (tertiary/aromatic N) is 3. The van der Waals surface area contributed by atoms with Gasteiger partial charge in [-0.25, -0.2) is 9.07 Å². The van der Waals surface area contributed by atoms with E-state index in [-0.39, 0.29) is 16.9 Å². The van der Waals surface area contributed by atoms with Crippen LogP contribution >= 0.6 is 11.6 Å². The second-order valence-corrected chi connectivity index (χ2v) is 5.54. The summed E-state index contributed by atoms with van der Waals surface area (Å²) in [6.07, 6.45) is 3.34. The van der Waals surface area contributed by atoms with Gasteiger partial charge in [-0.15, -0.1) is 0 Å². The van der Waals surface area contributed by atoms with Crippen LogP contribution in [0.3, 0.4) is 0 Å². The predicted molar refractivity (Wildman–Crippen MR) is 88.7 cm³/mol. The lowest BCUT2D eigenvalue weighted by molar-refractivity contribution is 0.0950. The molecule has 3 aromatic rings. The SMILES string of the molecule is Cc1nn(-c2ccc(F)cc2)c(Cl)c1C(=O)NCc1cccnc1. The Kier molecular flexibility index (Phi) is 4.57. The number of aromatic nitrogens is 3. The van der Waals surface area contributed by atoms with E-state index in [9.17, 15) is 9.18 Å². The normalized spacial score (nSPS) is 10.6. The molecule has 0 atom stereocenters. The van der Waals surface area contributed by atoms with Crippen molar-refractivity contribution in [1.29, 1.82) is 0 Å². The highest BCUT2D eigenvalue weighted by Crippen LogP contribution is 2.23. The van der Waals surface area contributed by atoms with Gasteiger partial charge < -0.3 is 5.32 Å². The van der Waals surface area contributed by atoms with Gasteiger partial charge in [0.05, 0.1) is 16.9 Å². The first-order chi connectivity index (χ1) is 11.6. The topological polar surface area (TPSA) is 59.8 Å². The van der Waals surface area contributed by atoms with Gasteiger partial charge in [-0.2, -0.15) is 5.10 Å². The van der Waals surface area contributed by atoms with E-state index in [2.05, 4.69) is 15.4 Å². The van der Waals surface area contributed by atoms with E-state index in [0.717, 1.165) is 5.56 Å². The van der Waals surface area contributed by atoms with Crippen LogP contribution in [0.4, 0.5) is 4.39 Å². The first kappa shape index (κ1) is 16.1. The fraction of sp³-hybridized carbons (Fsp3) is 0.118. The second-order valence-electron chi connectivity index (χ2n) is 5.18. The van der Waals surface area contributed by atoms with Gasteiger partial charge in [0.25, 0.3) is 5.91 Å². The highest BCUT2D eigenvalue weighted by atomic mass is 35.5. The van der Waals surface area contributed by atoms with E-state index >= 15 is 0 Å². The number of hydrogen-bond acceptors (Lipinski definition) is 3. The van der Waals surface area contributed by atoms with Crippen molar-refractivity contribution in [2.24, 2.45) is 0 Å². The van der Waals surface area contributed by atoms with Crippen LogP contribution in [0.5, 0.6) is 0 Å². The number of amides is 1. The third-order valence-corrected chi connectivity index (χ3v) is 3.83. The Bertz CT molecular complexity index is 862. The van der Waals surface area contributed by atoms with Crippen molar-refractivity contribution in [2.45, 2.75) is 13.5 Å². The van der Waals surface area contributed by atoms with Crippen LogP contribution in [0.15, 0.2) is 48.8 Å². The summed E-state index contributed by atoms with van der Waals surface area (Å²) in [6, 6.07) is 9.38. The van der Waals surface area contributed by atoms with Crippen LogP contribution in [-0.2, 0) is 6.54 Å². The molecule has 1 aromatic carbocycles. The van der Waals surface area contributed by atoms with Crippen molar-refractivity contribution in [1.82, 2.24) is 20.1 Å². The van der Waals surface area contributed by atoms with Gasteiger partial charge in [0.2, 0.25) is 0 Å². The van der Waals surface area contributed by atoms with Gasteiger partial charge in [-0.3, -0.25) is 9.78 Å². The Labute approximate surface area is 143 Å². The monoisotopic (exact) mass is 344 g/mol. The van der Waals surface area contributed by atoms with Gasteiger partial charge in [0, 0.05) is 18.9 Å². The molecule has 5 nitrogen and oxygen atoms in total. The number of rotatable bonds is 4. The fourth-order valence-electron chi connectivity index (χ4n) is 2.28. The maximum atomic E-state index is 13.0. The van der Waals surface area contributed by atoms with Crippen LogP contribution in [0.1, 0.15) is 21.6 Å². The molecular weight excluding hydrogens is 331 g/mol. The molecule has 0 aliphatic rings. The summed E-state index contributed by atoms with van der Waals surface area (Å²) in [4.78, 5) is 16.4. The maximum Gasteiger partial charge on any atom is 0.256 e. The summed E-state index contributed by atoms with van der Waals surface area (Å²) in [5.74, 6) is -0.678. The molecule has 0 aliphatic heterocycles. The van der Waals surface area contributed by atoms with Gasteiger partial charge in [0.1, 0.15) is 11.0 Å². The molecule has 2 heterocycles. The minimum atomic E-state index is -0.354. The molecule has 0 radical (unpaired) electrons. The van der Waals surface area contributed by atoms with E-state index in [0.29, 0.717) is 23.5 Å². The zero-order valence-electron chi connectivity index (χ0n) is 12.8. The molecular formula is C17H14ClFN4O. The van der Waals surface area contributed by atoms with Crippen LogP contribution in [-0.4, -0.2) is 20.7 Å². The average molecular weight is 345 g/mol. The zero-order valence-corrected chi connectivity index (χ0v) is 13.6. The molecule has 0 bridgehead atoms. The molecule has 7 heteroatoms. The lowest BCUT2D eigenvalue weighted by Gasteiger charge is -2.05. The summed E-state index contributed by atoms with van der Waals surface area (Å²) in [5.41, 5.74) is 2.25. The molecule has 0 aliphatic carbocycles. The number of halogens is 2. The molecule has 1 N–H and O–H groups in total. The van der Waals surface area contributed by atoms with Crippen LogP contribution < -0.4 is 5.32 Å². The third-order valence-electron chi connectivity index (χ3n) is 3.48. The Balaban J connectivity index is 1.83. The zero-order chi connectivity index (χ0) is 17.1. The summed E-state index contributed by atoms with van der Waals surface area (Å²) in [6.45, 7) is 2.04. The molecule has 3 rings (SSSR count). The number of carbonyl (C=O) groups is 1. The van der Waals surface area contributed by atoms with Crippen LogP contribution in [0.2, 0.25) is 5.15 Å². The first-order valence-electron chi connectivity index (χ1n) is 7.24. The van der Waals surface area contributed by atoms with Crippen molar-refractivity contribution in [3.8, 4) is 5.69 Å². The number of pyridine rings is 1. The highest BCUT2D eigenvalue weighted by Gasteiger charge is 2.21. The predicted octanol–water partition coefficient (Wildman–Crippen LogP) is 3.30. The molecule has 2 aromatic heterocycles. The first-order valence-corrected chi connectivity index (χ1v) is 7.62. The standard InChI is InChI=1S/C17H14ClFN4O/c1-11-15(17(24)21-10-12-3-2-8-20-9-12)16(18)23(22-11)14-6-4-13(19)5-7-14/h2-9H,10H2,1H3,(H,21,24). The molecule has 1 amide bonds. The lowest BCUT2D eigenvalue weighted by atomic mass is 10.2. The molecule has 0 saturated carbocycles. The van der Waals surface area contributed by atoms with E-state index in [1.54, 1.807) is 37.5 Å². The minimum Gasteiger partial charge on any atom is -0.348 e. The average Bonchev–Trinajstić information content (AvgIpc) is 2.89. The Hall–Kier alpha value is -2.73. The molecule has 0 spiro atoms. The summed E-state index contributed by atoms with van der Waals surface area (Å²) in [5, 5.41) is 7.25. The van der Waals surface area contributed by atoms with Crippen molar-refractivity contribution >= 4 is 17.5 Å². The van der Waals surface area contributed by atoms with Gasteiger partial charge in [-0.05, 0) is 42.8 Å². The third kappa shape index (κ3) is 3.28. The van der Waals surface area contributed by atoms with Gasteiger partial charge in [0.15, 0.2) is 0 Å². The summed E-state index contributed by atoms with van der Waals surface area (Å²) < 4.78 is 14.5. The Morgan fingerprint density at radius 3 is 2.71 bits per heavy atom. The number of aryl methyl sites for hydroxylation is 1. The van der Waals surface area contributed by atoms with Crippen molar-refractivity contribution in [2.75, 3.05) is 0 Å². The molecule has 0 unspecified atom stereocenters. The number of nitrogens with one attached hydrogen (secondary N) is 1. The van der Waals surface area contributed by atoms with Crippen molar-refractivity contribution < 1.29 is 9.18 Å². The van der Waals surface area contributed by atoms with Crippen LogP contribution in [0.25, 0.3) is 5.69 Å². The Morgan fingerprint density at radius 1 is 1.29 bits per heavy atom. The summed E-state index contributed by atoms with van der Waals surface area (Å²) in [7, 11) is 0.